The lowest BCUT2D eigenvalue weighted by Crippen LogP contribution is -2.06. The molecule has 0 fully saturated rings. The number of ether oxygens (including phenoxy) is 2. The SMILES string of the molecule is COc1cc(C)c(F)c(COc2cnc(Nc3ccn(C)n3)nc2)c1F. The number of anilines is 2. The average molecular weight is 361 g/mol. The fourth-order valence-electron chi connectivity index (χ4n) is 2.29. The molecule has 3 rings (SSSR count). The summed E-state index contributed by atoms with van der Waals surface area (Å²) in [6, 6.07) is 3.07. The van der Waals surface area contributed by atoms with E-state index < -0.39 is 11.6 Å². The van der Waals surface area contributed by atoms with Gasteiger partial charge in [0.05, 0.1) is 25.1 Å². The Kier molecular flexibility index (Phi) is 4.97. The molecule has 0 saturated heterocycles. The van der Waals surface area contributed by atoms with Crippen LogP contribution in [-0.4, -0.2) is 26.9 Å². The first-order valence-corrected chi connectivity index (χ1v) is 7.71. The molecule has 26 heavy (non-hydrogen) atoms. The van der Waals surface area contributed by atoms with Crippen molar-refractivity contribution in [3.63, 3.8) is 0 Å². The second-order valence-corrected chi connectivity index (χ2v) is 5.53. The summed E-state index contributed by atoms with van der Waals surface area (Å²) in [6.07, 6.45) is 4.58. The number of benzene rings is 1. The van der Waals surface area contributed by atoms with E-state index in [0.717, 1.165) is 0 Å². The first-order chi connectivity index (χ1) is 12.5. The van der Waals surface area contributed by atoms with Crippen molar-refractivity contribution >= 4 is 11.8 Å². The van der Waals surface area contributed by atoms with Crippen molar-refractivity contribution in [1.82, 2.24) is 19.7 Å². The van der Waals surface area contributed by atoms with Crippen LogP contribution in [0.25, 0.3) is 0 Å². The van der Waals surface area contributed by atoms with Crippen LogP contribution in [0.3, 0.4) is 0 Å². The van der Waals surface area contributed by atoms with Gasteiger partial charge in [-0.3, -0.25) is 4.68 Å². The van der Waals surface area contributed by atoms with Crippen molar-refractivity contribution < 1.29 is 18.3 Å². The molecule has 0 radical (unpaired) electrons. The number of nitrogens with zero attached hydrogens (tertiary/aromatic N) is 4. The van der Waals surface area contributed by atoms with E-state index in [9.17, 15) is 8.78 Å². The standard InChI is InChI=1S/C17H17F2N5O2/c1-10-6-13(25-3)16(19)12(15(10)18)9-26-11-7-20-17(21-8-11)22-14-4-5-24(2)23-14/h4-8H,9H2,1-3H3,(H,20,21,22,23). The summed E-state index contributed by atoms with van der Waals surface area (Å²) in [6.45, 7) is 1.22. The molecule has 1 N–H and O–H groups in total. The number of methoxy groups -OCH3 is 1. The molecule has 0 amide bonds. The lowest BCUT2D eigenvalue weighted by atomic mass is 10.1. The molecule has 0 aliphatic rings. The van der Waals surface area contributed by atoms with Crippen molar-refractivity contribution in [2.24, 2.45) is 7.05 Å². The van der Waals surface area contributed by atoms with Crippen molar-refractivity contribution in [2.45, 2.75) is 13.5 Å². The number of hydrogen-bond donors (Lipinski definition) is 1. The third-order valence-electron chi connectivity index (χ3n) is 3.62. The predicted octanol–water partition coefficient (Wildman–Crippen LogP) is 3.13. The highest BCUT2D eigenvalue weighted by Gasteiger charge is 2.18. The van der Waals surface area contributed by atoms with E-state index in [1.54, 1.807) is 24.0 Å². The number of hydrogen-bond acceptors (Lipinski definition) is 6. The zero-order valence-corrected chi connectivity index (χ0v) is 14.5. The van der Waals surface area contributed by atoms with Crippen LogP contribution in [0.1, 0.15) is 11.1 Å². The van der Waals surface area contributed by atoms with Gasteiger partial charge in [0, 0.05) is 19.3 Å². The van der Waals surface area contributed by atoms with E-state index in [1.165, 1.54) is 32.5 Å². The van der Waals surface area contributed by atoms with Crippen molar-refractivity contribution in [3.05, 3.63) is 53.5 Å². The fourth-order valence-corrected chi connectivity index (χ4v) is 2.29. The van der Waals surface area contributed by atoms with E-state index in [-0.39, 0.29) is 29.2 Å². The van der Waals surface area contributed by atoms with E-state index in [4.69, 9.17) is 9.47 Å². The molecule has 2 aromatic heterocycles. The molecule has 0 saturated carbocycles. The lowest BCUT2D eigenvalue weighted by molar-refractivity contribution is 0.285. The maximum atomic E-state index is 14.2. The highest BCUT2D eigenvalue weighted by atomic mass is 19.1. The van der Waals surface area contributed by atoms with E-state index in [2.05, 4.69) is 20.4 Å². The van der Waals surface area contributed by atoms with Gasteiger partial charge in [0.25, 0.3) is 0 Å². The van der Waals surface area contributed by atoms with Crippen molar-refractivity contribution in [3.8, 4) is 11.5 Å². The van der Waals surface area contributed by atoms with Crippen molar-refractivity contribution in [2.75, 3.05) is 12.4 Å². The fraction of sp³-hybridized carbons (Fsp3) is 0.235. The summed E-state index contributed by atoms with van der Waals surface area (Å²) in [7, 11) is 3.11. The number of aryl methyl sites for hydroxylation is 2. The number of halogens is 2. The molecule has 1 aromatic carbocycles. The minimum Gasteiger partial charge on any atom is -0.494 e. The Balaban J connectivity index is 1.70. The van der Waals surface area contributed by atoms with Crippen LogP contribution in [0.4, 0.5) is 20.5 Å². The molecule has 9 heteroatoms. The second-order valence-electron chi connectivity index (χ2n) is 5.53. The van der Waals surface area contributed by atoms with Crippen LogP contribution in [0.2, 0.25) is 0 Å². The molecule has 0 aliphatic heterocycles. The Labute approximate surface area is 148 Å². The van der Waals surface area contributed by atoms with Gasteiger partial charge in [-0.15, -0.1) is 0 Å². The molecule has 0 unspecified atom stereocenters. The Bertz CT molecular complexity index is 912. The van der Waals surface area contributed by atoms with Crippen LogP contribution in [0.5, 0.6) is 11.5 Å². The van der Waals surface area contributed by atoms with Crippen LogP contribution >= 0.6 is 0 Å². The van der Waals surface area contributed by atoms with E-state index >= 15 is 0 Å². The van der Waals surface area contributed by atoms with Crippen molar-refractivity contribution in [1.29, 1.82) is 0 Å². The zero-order valence-electron chi connectivity index (χ0n) is 14.5. The summed E-state index contributed by atoms with van der Waals surface area (Å²) >= 11 is 0. The largest absolute Gasteiger partial charge is 0.494 e. The summed E-state index contributed by atoms with van der Waals surface area (Å²) in [5, 5.41) is 7.07. The third kappa shape index (κ3) is 3.71. The van der Waals surface area contributed by atoms with Gasteiger partial charge in [-0.25, -0.2) is 18.7 Å². The van der Waals surface area contributed by atoms with Crippen LogP contribution < -0.4 is 14.8 Å². The van der Waals surface area contributed by atoms with Gasteiger partial charge in [0.1, 0.15) is 12.4 Å². The summed E-state index contributed by atoms with van der Waals surface area (Å²) in [4.78, 5) is 8.17. The topological polar surface area (TPSA) is 74.1 Å². The molecule has 0 aliphatic carbocycles. The first-order valence-electron chi connectivity index (χ1n) is 7.71. The number of nitrogens with one attached hydrogen (secondary N) is 1. The highest BCUT2D eigenvalue weighted by Crippen LogP contribution is 2.27. The molecule has 2 heterocycles. The lowest BCUT2D eigenvalue weighted by Gasteiger charge is -2.12. The Morgan fingerprint density at radius 1 is 1.19 bits per heavy atom. The van der Waals surface area contributed by atoms with Crippen LogP contribution in [0.15, 0.2) is 30.7 Å². The maximum absolute atomic E-state index is 14.2. The monoisotopic (exact) mass is 361 g/mol. The molecule has 0 bridgehead atoms. The van der Waals surface area contributed by atoms with E-state index in [1.807, 2.05) is 0 Å². The minimum atomic E-state index is -0.787. The molecular weight excluding hydrogens is 344 g/mol. The molecule has 0 spiro atoms. The van der Waals surface area contributed by atoms with Crippen LogP contribution in [0, 0.1) is 18.6 Å². The van der Waals surface area contributed by atoms with E-state index in [0.29, 0.717) is 11.8 Å². The summed E-state index contributed by atoms with van der Waals surface area (Å²) < 4.78 is 40.4. The zero-order chi connectivity index (χ0) is 18.7. The van der Waals surface area contributed by atoms with Gasteiger partial charge < -0.3 is 14.8 Å². The maximum Gasteiger partial charge on any atom is 0.228 e. The smallest absolute Gasteiger partial charge is 0.228 e. The Morgan fingerprint density at radius 2 is 1.92 bits per heavy atom. The predicted molar refractivity (Wildman–Crippen MR) is 90.5 cm³/mol. The molecule has 3 aromatic rings. The van der Waals surface area contributed by atoms with Gasteiger partial charge in [0.2, 0.25) is 5.95 Å². The van der Waals surface area contributed by atoms with Crippen LogP contribution in [-0.2, 0) is 13.7 Å². The average Bonchev–Trinajstić information content (AvgIpc) is 3.04. The highest BCUT2D eigenvalue weighted by molar-refractivity contribution is 5.46. The normalized spacial score (nSPS) is 10.7. The number of aromatic nitrogens is 4. The van der Waals surface area contributed by atoms with Gasteiger partial charge in [-0.2, -0.15) is 5.10 Å². The summed E-state index contributed by atoms with van der Waals surface area (Å²) in [5.41, 5.74) is 0.0607. The summed E-state index contributed by atoms with van der Waals surface area (Å²) in [5.74, 6) is -0.296. The molecule has 136 valence electrons. The Hall–Kier alpha value is -3.23. The second kappa shape index (κ2) is 7.34. The van der Waals surface area contributed by atoms with Gasteiger partial charge in [-0.05, 0) is 18.6 Å². The third-order valence-corrected chi connectivity index (χ3v) is 3.62. The molecule has 7 nitrogen and oxygen atoms in total. The quantitative estimate of drug-likeness (QED) is 0.727. The molecule has 0 atom stereocenters. The first kappa shape index (κ1) is 17.6. The molecular formula is C17H17F2N5O2. The van der Waals surface area contributed by atoms with Gasteiger partial charge >= 0.3 is 0 Å². The number of rotatable bonds is 6. The Morgan fingerprint density at radius 3 is 2.54 bits per heavy atom. The van der Waals surface area contributed by atoms with Gasteiger partial charge in [-0.1, -0.05) is 0 Å². The van der Waals surface area contributed by atoms with Gasteiger partial charge in [0.15, 0.2) is 23.1 Å². The minimum absolute atomic E-state index is 0.0336.